The standard InChI is InChI=1S/C15H15ClN2O4S/c1-18(2)23(21,22)12-5-3-4-11(9-12)17-15(20)10-6-7-14(19)13(16)8-10/h3-9,19H,1-2H3,(H,17,20). The van der Waals surface area contributed by atoms with E-state index in [0.717, 1.165) is 4.31 Å². The van der Waals surface area contributed by atoms with Crippen LogP contribution in [0.3, 0.4) is 0 Å². The molecule has 0 unspecified atom stereocenters. The molecule has 2 N–H and O–H groups in total. The average Bonchev–Trinajstić information content (AvgIpc) is 2.50. The van der Waals surface area contributed by atoms with Gasteiger partial charge in [0.2, 0.25) is 10.0 Å². The smallest absolute Gasteiger partial charge is 0.255 e. The number of carbonyl (C=O) groups excluding carboxylic acids is 1. The van der Waals surface area contributed by atoms with Gasteiger partial charge in [0.1, 0.15) is 5.75 Å². The lowest BCUT2D eigenvalue weighted by Crippen LogP contribution is -2.22. The molecule has 0 saturated carbocycles. The summed E-state index contributed by atoms with van der Waals surface area (Å²) in [4.78, 5) is 12.2. The lowest BCUT2D eigenvalue weighted by atomic mass is 10.2. The number of nitrogens with one attached hydrogen (secondary N) is 1. The van der Waals surface area contributed by atoms with Crippen molar-refractivity contribution in [2.24, 2.45) is 0 Å². The molecule has 0 heterocycles. The van der Waals surface area contributed by atoms with Crippen molar-refractivity contribution in [2.45, 2.75) is 4.90 Å². The van der Waals surface area contributed by atoms with Crippen LogP contribution < -0.4 is 5.32 Å². The van der Waals surface area contributed by atoms with Crippen molar-refractivity contribution in [3.8, 4) is 5.75 Å². The number of halogens is 1. The van der Waals surface area contributed by atoms with Crippen LogP contribution in [0.15, 0.2) is 47.4 Å². The minimum Gasteiger partial charge on any atom is -0.506 e. The summed E-state index contributed by atoms with van der Waals surface area (Å²) in [5.74, 6) is -0.589. The quantitative estimate of drug-likeness (QED) is 0.883. The Labute approximate surface area is 139 Å². The Morgan fingerprint density at radius 1 is 1.17 bits per heavy atom. The van der Waals surface area contributed by atoms with Gasteiger partial charge in [-0.05, 0) is 36.4 Å². The van der Waals surface area contributed by atoms with Crippen molar-refractivity contribution in [3.63, 3.8) is 0 Å². The number of aromatic hydroxyl groups is 1. The van der Waals surface area contributed by atoms with Gasteiger partial charge in [0.15, 0.2) is 0 Å². The highest BCUT2D eigenvalue weighted by Crippen LogP contribution is 2.24. The summed E-state index contributed by atoms with van der Waals surface area (Å²) < 4.78 is 25.3. The number of sulfonamides is 1. The molecule has 1 amide bonds. The summed E-state index contributed by atoms with van der Waals surface area (Å²) in [6.45, 7) is 0. The second-order valence-electron chi connectivity index (χ2n) is 4.94. The van der Waals surface area contributed by atoms with Crippen LogP contribution in [0.25, 0.3) is 0 Å². The molecule has 0 saturated heterocycles. The molecule has 0 bridgehead atoms. The Kier molecular flexibility index (Phi) is 4.93. The molecule has 0 spiro atoms. The summed E-state index contributed by atoms with van der Waals surface area (Å²) in [7, 11) is -0.725. The second-order valence-corrected chi connectivity index (χ2v) is 7.49. The largest absolute Gasteiger partial charge is 0.506 e. The highest BCUT2D eigenvalue weighted by molar-refractivity contribution is 7.89. The summed E-state index contributed by atoms with van der Waals surface area (Å²) in [5, 5.41) is 12.0. The van der Waals surface area contributed by atoms with Gasteiger partial charge in [-0.25, -0.2) is 12.7 Å². The molecular weight excluding hydrogens is 340 g/mol. The Balaban J connectivity index is 2.27. The third-order valence-corrected chi connectivity index (χ3v) is 5.19. The second kappa shape index (κ2) is 6.57. The Hall–Kier alpha value is -2.09. The van der Waals surface area contributed by atoms with Crippen LogP contribution in [0.4, 0.5) is 5.69 Å². The number of nitrogens with zero attached hydrogens (tertiary/aromatic N) is 1. The number of benzene rings is 2. The first-order valence-corrected chi connectivity index (χ1v) is 8.36. The summed E-state index contributed by atoms with van der Waals surface area (Å²) >= 11 is 5.77. The van der Waals surface area contributed by atoms with Gasteiger partial charge in [-0.15, -0.1) is 0 Å². The molecule has 0 atom stereocenters. The maximum Gasteiger partial charge on any atom is 0.255 e. The van der Waals surface area contributed by atoms with E-state index in [1.807, 2.05) is 0 Å². The zero-order chi connectivity index (χ0) is 17.2. The number of anilines is 1. The zero-order valence-corrected chi connectivity index (χ0v) is 14.0. The molecule has 23 heavy (non-hydrogen) atoms. The number of carbonyl (C=O) groups is 1. The minimum atomic E-state index is -3.58. The Morgan fingerprint density at radius 2 is 1.87 bits per heavy atom. The lowest BCUT2D eigenvalue weighted by Gasteiger charge is -2.12. The molecule has 0 radical (unpaired) electrons. The topological polar surface area (TPSA) is 86.7 Å². The van der Waals surface area contributed by atoms with Crippen molar-refractivity contribution < 1.29 is 18.3 Å². The highest BCUT2D eigenvalue weighted by atomic mass is 35.5. The maximum atomic E-state index is 12.2. The molecule has 0 aliphatic carbocycles. The van der Waals surface area contributed by atoms with Gasteiger partial charge in [-0.2, -0.15) is 0 Å². The molecule has 6 nitrogen and oxygen atoms in total. The van der Waals surface area contributed by atoms with Crippen molar-refractivity contribution in [1.82, 2.24) is 4.31 Å². The van der Waals surface area contributed by atoms with Crippen LogP contribution in [0.5, 0.6) is 5.75 Å². The van der Waals surface area contributed by atoms with E-state index in [1.165, 1.54) is 50.5 Å². The number of amides is 1. The predicted octanol–water partition coefficient (Wildman–Crippen LogP) is 2.55. The predicted molar refractivity (Wildman–Crippen MR) is 88.4 cm³/mol. The third kappa shape index (κ3) is 3.82. The number of phenolic OH excluding ortho intramolecular Hbond substituents is 1. The molecule has 2 aromatic rings. The molecule has 2 rings (SSSR count). The number of hydrogen-bond donors (Lipinski definition) is 2. The van der Waals surface area contributed by atoms with Gasteiger partial charge in [0.25, 0.3) is 5.91 Å². The van der Waals surface area contributed by atoms with E-state index >= 15 is 0 Å². The van der Waals surface area contributed by atoms with Crippen molar-refractivity contribution in [3.05, 3.63) is 53.1 Å². The first-order chi connectivity index (χ1) is 10.7. The van der Waals surface area contributed by atoms with Gasteiger partial charge in [0, 0.05) is 25.3 Å². The minimum absolute atomic E-state index is 0.0570. The van der Waals surface area contributed by atoms with E-state index < -0.39 is 15.9 Å². The number of rotatable bonds is 4. The van der Waals surface area contributed by atoms with Gasteiger partial charge >= 0.3 is 0 Å². The molecule has 0 aliphatic heterocycles. The molecule has 0 aromatic heterocycles. The molecule has 0 fully saturated rings. The van der Waals surface area contributed by atoms with E-state index in [9.17, 15) is 18.3 Å². The molecule has 8 heteroatoms. The van der Waals surface area contributed by atoms with Crippen LogP contribution in [0.1, 0.15) is 10.4 Å². The fourth-order valence-corrected chi connectivity index (χ4v) is 2.93. The Morgan fingerprint density at radius 3 is 2.48 bits per heavy atom. The van der Waals surface area contributed by atoms with Gasteiger partial charge in [-0.3, -0.25) is 4.79 Å². The summed E-state index contributed by atoms with van der Waals surface area (Å²) in [5.41, 5.74) is 0.579. The average molecular weight is 355 g/mol. The van der Waals surface area contributed by atoms with E-state index in [0.29, 0.717) is 5.69 Å². The van der Waals surface area contributed by atoms with Crippen LogP contribution in [-0.4, -0.2) is 37.8 Å². The van der Waals surface area contributed by atoms with Crippen LogP contribution in [0.2, 0.25) is 5.02 Å². The number of phenols is 1. The summed E-state index contributed by atoms with van der Waals surface area (Å²) in [6.07, 6.45) is 0. The first kappa shape index (κ1) is 17.3. The van der Waals surface area contributed by atoms with Crippen LogP contribution >= 0.6 is 11.6 Å². The fraction of sp³-hybridized carbons (Fsp3) is 0.133. The SMILES string of the molecule is CN(C)S(=O)(=O)c1cccc(NC(=O)c2ccc(O)c(Cl)c2)c1. The van der Waals surface area contributed by atoms with Crippen molar-refractivity contribution in [2.75, 3.05) is 19.4 Å². The number of hydrogen-bond acceptors (Lipinski definition) is 4. The normalized spacial score (nSPS) is 11.5. The highest BCUT2D eigenvalue weighted by Gasteiger charge is 2.18. The van der Waals surface area contributed by atoms with E-state index in [-0.39, 0.29) is 21.2 Å². The van der Waals surface area contributed by atoms with Gasteiger partial charge in [0.05, 0.1) is 9.92 Å². The van der Waals surface area contributed by atoms with E-state index in [2.05, 4.69) is 5.32 Å². The van der Waals surface area contributed by atoms with Gasteiger partial charge < -0.3 is 10.4 Å². The monoisotopic (exact) mass is 354 g/mol. The van der Waals surface area contributed by atoms with Crippen molar-refractivity contribution in [1.29, 1.82) is 0 Å². The molecule has 2 aromatic carbocycles. The van der Waals surface area contributed by atoms with Crippen molar-refractivity contribution >= 4 is 33.2 Å². The van der Waals surface area contributed by atoms with Crippen LogP contribution in [-0.2, 0) is 10.0 Å². The van der Waals surface area contributed by atoms with E-state index in [1.54, 1.807) is 6.07 Å². The lowest BCUT2D eigenvalue weighted by molar-refractivity contribution is 0.102. The molecule has 122 valence electrons. The Bertz CT molecular complexity index is 850. The fourth-order valence-electron chi connectivity index (χ4n) is 1.80. The van der Waals surface area contributed by atoms with Crippen LogP contribution in [0, 0.1) is 0 Å². The van der Waals surface area contributed by atoms with E-state index in [4.69, 9.17) is 11.6 Å². The summed E-state index contributed by atoms with van der Waals surface area (Å²) in [6, 6.07) is 9.98. The maximum absolute atomic E-state index is 12.2. The molecular formula is C15H15ClN2O4S. The third-order valence-electron chi connectivity index (χ3n) is 3.08. The first-order valence-electron chi connectivity index (χ1n) is 6.54. The molecule has 0 aliphatic rings. The zero-order valence-electron chi connectivity index (χ0n) is 12.4. The van der Waals surface area contributed by atoms with Gasteiger partial charge in [-0.1, -0.05) is 17.7 Å².